The lowest BCUT2D eigenvalue weighted by Crippen LogP contribution is -2.49. The number of benzene rings is 1. The van der Waals surface area contributed by atoms with E-state index in [4.69, 9.17) is 9.97 Å². The van der Waals surface area contributed by atoms with Crippen LogP contribution in [-0.2, 0) is 12.8 Å². The summed E-state index contributed by atoms with van der Waals surface area (Å²) in [6.45, 7) is 11.9. The maximum atomic E-state index is 13.1. The zero-order valence-electron chi connectivity index (χ0n) is 20.2. The van der Waals surface area contributed by atoms with E-state index in [0.717, 1.165) is 79.0 Å². The smallest absolute Gasteiger partial charge is 0.254 e. The SMILES string of the molecule is CC[C@@H](C)c1nc(N2CCN(C(=O)c3ccccc3C)CC2)c2c3c(sc2n1)C[C@H](C)CC3. The van der Waals surface area contributed by atoms with Crippen LogP contribution in [0.15, 0.2) is 24.3 Å². The van der Waals surface area contributed by atoms with Gasteiger partial charge in [0.05, 0.1) is 5.39 Å². The minimum absolute atomic E-state index is 0.141. The van der Waals surface area contributed by atoms with Crippen LogP contribution in [0.2, 0.25) is 0 Å². The number of piperazine rings is 1. The first-order chi connectivity index (χ1) is 16.0. The topological polar surface area (TPSA) is 49.3 Å². The Kier molecular flexibility index (Phi) is 6.12. The van der Waals surface area contributed by atoms with Crippen molar-refractivity contribution in [2.75, 3.05) is 31.1 Å². The largest absolute Gasteiger partial charge is 0.352 e. The van der Waals surface area contributed by atoms with Gasteiger partial charge in [0.25, 0.3) is 5.91 Å². The van der Waals surface area contributed by atoms with Crippen LogP contribution in [0.1, 0.15) is 71.7 Å². The van der Waals surface area contributed by atoms with E-state index in [1.807, 2.05) is 47.4 Å². The highest BCUT2D eigenvalue weighted by Gasteiger charge is 2.29. The van der Waals surface area contributed by atoms with E-state index in [-0.39, 0.29) is 5.91 Å². The summed E-state index contributed by atoms with van der Waals surface area (Å²) in [5.41, 5.74) is 3.34. The van der Waals surface area contributed by atoms with Crippen LogP contribution in [-0.4, -0.2) is 47.0 Å². The van der Waals surface area contributed by atoms with Crippen LogP contribution in [0, 0.1) is 12.8 Å². The molecule has 3 heterocycles. The van der Waals surface area contributed by atoms with Gasteiger partial charge in [0.15, 0.2) is 0 Å². The molecule has 0 unspecified atom stereocenters. The molecule has 0 N–H and O–H groups in total. The number of rotatable bonds is 4. The Bertz CT molecular complexity index is 1180. The third-order valence-electron chi connectivity index (χ3n) is 7.45. The molecule has 0 bridgehead atoms. The third-order valence-corrected chi connectivity index (χ3v) is 8.60. The normalized spacial score (nSPS) is 19.6. The van der Waals surface area contributed by atoms with Crippen molar-refractivity contribution in [1.82, 2.24) is 14.9 Å². The molecule has 2 aliphatic rings. The zero-order valence-corrected chi connectivity index (χ0v) is 21.0. The highest BCUT2D eigenvalue weighted by molar-refractivity contribution is 7.19. The first kappa shape index (κ1) is 22.3. The number of hydrogen-bond acceptors (Lipinski definition) is 5. The van der Waals surface area contributed by atoms with Gasteiger partial charge in [-0.25, -0.2) is 9.97 Å². The predicted molar refractivity (Wildman–Crippen MR) is 137 cm³/mol. The average molecular weight is 463 g/mol. The molecule has 1 aliphatic heterocycles. The van der Waals surface area contributed by atoms with Crippen molar-refractivity contribution in [3.05, 3.63) is 51.7 Å². The van der Waals surface area contributed by atoms with Crippen LogP contribution in [0.25, 0.3) is 10.2 Å². The molecule has 5 nitrogen and oxygen atoms in total. The fourth-order valence-corrected chi connectivity index (χ4v) is 6.46. The van der Waals surface area contributed by atoms with E-state index in [9.17, 15) is 4.79 Å². The highest BCUT2D eigenvalue weighted by atomic mass is 32.1. The van der Waals surface area contributed by atoms with Gasteiger partial charge in [-0.2, -0.15) is 0 Å². The number of aromatic nitrogens is 2. The van der Waals surface area contributed by atoms with Gasteiger partial charge >= 0.3 is 0 Å². The second-order valence-electron chi connectivity index (χ2n) is 9.84. The van der Waals surface area contributed by atoms with Gasteiger partial charge in [-0.1, -0.05) is 39.0 Å². The number of nitrogens with zero attached hydrogens (tertiary/aromatic N) is 4. The van der Waals surface area contributed by atoms with Crippen molar-refractivity contribution in [3.8, 4) is 0 Å². The fourth-order valence-electron chi connectivity index (χ4n) is 5.08. The molecule has 0 radical (unpaired) electrons. The van der Waals surface area contributed by atoms with E-state index >= 15 is 0 Å². The third kappa shape index (κ3) is 4.14. The lowest BCUT2D eigenvalue weighted by Gasteiger charge is -2.36. The van der Waals surface area contributed by atoms with Gasteiger partial charge in [0.1, 0.15) is 16.5 Å². The van der Waals surface area contributed by atoms with Gasteiger partial charge in [0.2, 0.25) is 0 Å². The monoisotopic (exact) mass is 462 g/mol. The van der Waals surface area contributed by atoms with Crippen molar-refractivity contribution in [2.45, 2.75) is 59.3 Å². The lowest BCUT2D eigenvalue weighted by atomic mass is 9.89. The first-order valence-electron chi connectivity index (χ1n) is 12.4. The summed E-state index contributed by atoms with van der Waals surface area (Å²) >= 11 is 1.89. The average Bonchev–Trinajstić information content (AvgIpc) is 3.20. The molecule has 0 saturated carbocycles. The van der Waals surface area contributed by atoms with Gasteiger partial charge in [-0.3, -0.25) is 4.79 Å². The molecule has 1 saturated heterocycles. The number of carbonyl (C=O) groups excluding carboxylic acids is 1. The van der Waals surface area contributed by atoms with Crippen molar-refractivity contribution in [3.63, 3.8) is 0 Å². The molecule has 1 amide bonds. The van der Waals surface area contributed by atoms with Crippen LogP contribution < -0.4 is 4.90 Å². The Morgan fingerprint density at radius 3 is 2.67 bits per heavy atom. The molecule has 2 aromatic heterocycles. The molecule has 174 valence electrons. The van der Waals surface area contributed by atoms with Crippen molar-refractivity contribution in [1.29, 1.82) is 0 Å². The summed E-state index contributed by atoms with van der Waals surface area (Å²) in [6.07, 6.45) is 4.56. The fraction of sp³-hybridized carbons (Fsp3) is 0.519. The number of thiophene rings is 1. The molecule has 2 atom stereocenters. The summed E-state index contributed by atoms with van der Waals surface area (Å²) in [5.74, 6) is 3.29. The number of amides is 1. The van der Waals surface area contributed by atoms with E-state index < -0.39 is 0 Å². The molecule has 5 rings (SSSR count). The molecule has 3 aromatic rings. The summed E-state index contributed by atoms with van der Waals surface area (Å²) in [4.78, 5) is 30.4. The second-order valence-corrected chi connectivity index (χ2v) is 10.9. The summed E-state index contributed by atoms with van der Waals surface area (Å²) in [6, 6.07) is 7.89. The molecule has 6 heteroatoms. The van der Waals surface area contributed by atoms with Crippen LogP contribution in [0.3, 0.4) is 0 Å². The lowest BCUT2D eigenvalue weighted by molar-refractivity contribution is 0.0746. The maximum absolute atomic E-state index is 13.1. The second kappa shape index (κ2) is 9.05. The molecule has 1 fully saturated rings. The van der Waals surface area contributed by atoms with Gasteiger partial charge in [-0.05, 0) is 55.7 Å². The van der Waals surface area contributed by atoms with Crippen molar-refractivity contribution >= 4 is 33.3 Å². The molecule has 1 aliphatic carbocycles. The van der Waals surface area contributed by atoms with Gasteiger partial charge < -0.3 is 9.80 Å². The molecular formula is C27H34N4OS. The number of carbonyl (C=O) groups is 1. The summed E-state index contributed by atoms with van der Waals surface area (Å²) in [5, 5.41) is 1.28. The van der Waals surface area contributed by atoms with Gasteiger partial charge in [-0.15, -0.1) is 11.3 Å². The first-order valence-corrected chi connectivity index (χ1v) is 13.2. The number of hydrogen-bond donors (Lipinski definition) is 0. The Labute approximate surface area is 200 Å². The Morgan fingerprint density at radius 2 is 1.94 bits per heavy atom. The van der Waals surface area contributed by atoms with Crippen LogP contribution >= 0.6 is 11.3 Å². The van der Waals surface area contributed by atoms with E-state index in [1.54, 1.807) is 0 Å². The van der Waals surface area contributed by atoms with Crippen molar-refractivity contribution < 1.29 is 4.79 Å². The molecular weight excluding hydrogens is 428 g/mol. The molecule has 1 aromatic carbocycles. The van der Waals surface area contributed by atoms with E-state index in [1.165, 1.54) is 22.2 Å². The minimum atomic E-state index is 0.141. The highest BCUT2D eigenvalue weighted by Crippen LogP contribution is 2.42. The molecule has 33 heavy (non-hydrogen) atoms. The standard InChI is InChI=1S/C27H34N4OS/c1-5-18(3)24-28-25(23-21-11-10-17(2)16-22(21)33-26(23)29-24)30-12-14-31(15-13-30)27(32)20-9-7-6-8-19(20)4/h6-9,17-18H,5,10-16H2,1-4H3/t17-,18-/m1/s1. The van der Waals surface area contributed by atoms with Crippen molar-refractivity contribution in [2.24, 2.45) is 5.92 Å². The Hall–Kier alpha value is -2.47. The molecule has 0 spiro atoms. The number of anilines is 1. The van der Waals surface area contributed by atoms with Gasteiger partial charge in [0, 0.05) is 42.5 Å². The van der Waals surface area contributed by atoms with E-state index in [2.05, 4.69) is 25.7 Å². The van der Waals surface area contributed by atoms with Crippen LogP contribution in [0.5, 0.6) is 0 Å². The minimum Gasteiger partial charge on any atom is -0.352 e. The van der Waals surface area contributed by atoms with Crippen LogP contribution in [0.4, 0.5) is 5.82 Å². The predicted octanol–water partition coefficient (Wildman–Crippen LogP) is 5.60. The number of aryl methyl sites for hydroxylation is 2. The zero-order chi connectivity index (χ0) is 23.1. The summed E-state index contributed by atoms with van der Waals surface area (Å²) in [7, 11) is 0. The maximum Gasteiger partial charge on any atom is 0.254 e. The quantitative estimate of drug-likeness (QED) is 0.506. The summed E-state index contributed by atoms with van der Waals surface area (Å²) < 4.78 is 0. The number of fused-ring (bicyclic) bond motifs is 3. The Balaban J connectivity index is 1.46. The Morgan fingerprint density at radius 1 is 1.18 bits per heavy atom. The van der Waals surface area contributed by atoms with E-state index in [0.29, 0.717) is 5.92 Å².